The maximum atomic E-state index is 5.81. The standard InChI is InChI=1S/C18H23ClN2/c1-12(2)14-8-7-9-15(13(3)4)18(14)20-16-10-5-6-11-17(16)21-19/h5-13,20-21H,1-4H3. The summed E-state index contributed by atoms with van der Waals surface area (Å²) in [6, 6.07) is 14.5. The van der Waals surface area contributed by atoms with Gasteiger partial charge in [0.25, 0.3) is 0 Å². The molecule has 2 N–H and O–H groups in total. The number of nitrogens with one attached hydrogen (secondary N) is 2. The van der Waals surface area contributed by atoms with Crippen LogP contribution in [0.4, 0.5) is 17.1 Å². The van der Waals surface area contributed by atoms with E-state index in [0.717, 1.165) is 11.4 Å². The van der Waals surface area contributed by atoms with Gasteiger partial charge in [-0.2, -0.15) is 0 Å². The Kier molecular flexibility index (Phi) is 5.13. The first kappa shape index (κ1) is 15.7. The smallest absolute Gasteiger partial charge is 0.0726 e. The molecule has 0 atom stereocenters. The van der Waals surface area contributed by atoms with Gasteiger partial charge in [-0.25, -0.2) is 0 Å². The monoisotopic (exact) mass is 302 g/mol. The van der Waals surface area contributed by atoms with Gasteiger partial charge < -0.3 is 5.32 Å². The van der Waals surface area contributed by atoms with Crippen LogP contribution in [0, 0.1) is 0 Å². The zero-order chi connectivity index (χ0) is 15.4. The zero-order valence-electron chi connectivity index (χ0n) is 13.1. The molecule has 0 aliphatic heterocycles. The highest BCUT2D eigenvalue weighted by Crippen LogP contribution is 2.36. The molecule has 0 saturated carbocycles. The number of hydrogen-bond acceptors (Lipinski definition) is 2. The zero-order valence-corrected chi connectivity index (χ0v) is 13.8. The van der Waals surface area contributed by atoms with Crippen molar-refractivity contribution in [2.45, 2.75) is 39.5 Å². The number of para-hydroxylation sites is 3. The topological polar surface area (TPSA) is 24.1 Å². The van der Waals surface area contributed by atoms with Gasteiger partial charge in [-0.05, 0) is 35.1 Å². The molecule has 0 unspecified atom stereocenters. The van der Waals surface area contributed by atoms with Gasteiger partial charge in [0.2, 0.25) is 0 Å². The molecule has 0 spiro atoms. The van der Waals surface area contributed by atoms with E-state index in [1.807, 2.05) is 24.3 Å². The number of halogens is 1. The second-order valence-electron chi connectivity index (χ2n) is 5.89. The summed E-state index contributed by atoms with van der Waals surface area (Å²) in [5.74, 6) is 0.921. The van der Waals surface area contributed by atoms with Gasteiger partial charge in [-0.15, -0.1) is 0 Å². The summed E-state index contributed by atoms with van der Waals surface area (Å²) in [4.78, 5) is 2.72. The summed E-state index contributed by atoms with van der Waals surface area (Å²) in [5.41, 5.74) is 5.72. The molecular formula is C18H23ClN2. The summed E-state index contributed by atoms with van der Waals surface area (Å²) >= 11 is 5.81. The quantitative estimate of drug-likeness (QED) is 0.638. The van der Waals surface area contributed by atoms with Gasteiger partial charge in [-0.3, -0.25) is 4.84 Å². The summed E-state index contributed by atoms with van der Waals surface area (Å²) in [5, 5.41) is 3.58. The third-order valence-electron chi connectivity index (χ3n) is 3.66. The highest BCUT2D eigenvalue weighted by Gasteiger charge is 2.14. The SMILES string of the molecule is CC(C)c1cccc(C(C)C)c1Nc1ccccc1NCl. The number of benzene rings is 2. The fraction of sp³-hybridized carbons (Fsp3) is 0.333. The molecule has 0 bridgehead atoms. The van der Waals surface area contributed by atoms with Crippen LogP contribution in [0.5, 0.6) is 0 Å². The summed E-state index contributed by atoms with van der Waals surface area (Å²) < 4.78 is 0. The van der Waals surface area contributed by atoms with Gasteiger partial charge in [0, 0.05) is 17.5 Å². The molecule has 0 fully saturated rings. The second-order valence-corrected chi connectivity index (χ2v) is 6.07. The third-order valence-corrected chi connectivity index (χ3v) is 3.87. The first-order valence-electron chi connectivity index (χ1n) is 7.40. The van der Waals surface area contributed by atoms with Gasteiger partial charge in [-0.1, -0.05) is 58.0 Å². The van der Waals surface area contributed by atoms with Crippen molar-refractivity contribution in [2.24, 2.45) is 0 Å². The molecule has 0 radical (unpaired) electrons. The molecule has 0 saturated heterocycles. The van der Waals surface area contributed by atoms with E-state index in [9.17, 15) is 0 Å². The molecule has 0 aliphatic rings. The Balaban J connectivity index is 2.51. The van der Waals surface area contributed by atoms with E-state index in [-0.39, 0.29) is 0 Å². The fourth-order valence-electron chi connectivity index (χ4n) is 2.50. The molecule has 2 nitrogen and oxygen atoms in total. The summed E-state index contributed by atoms with van der Waals surface area (Å²) in [7, 11) is 0. The third kappa shape index (κ3) is 3.51. The number of anilines is 3. The summed E-state index contributed by atoms with van der Waals surface area (Å²) in [6.45, 7) is 8.87. The van der Waals surface area contributed by atoms with Crippen LogP contribution in [0.25, 0.3) is 0 Å². The average Bonchev–Trinajstić information content (AvgIpc) is 2.47. The van der Waals surface area contributed by atoms with Crippen molar-refractivity contribution in [3.8, 4) is 0 Å². The Morgan fingerprint density at radius 3 is 1.76 bits per heavy atom. The fourth-order valence-corrected chi connectivity index (χ4v) is 2.67. The minimum absolute atomic E-state index is 0.460. The molecule has 0 aliphatic carbocycles. The largest absolute Gasteiger partial charge is 0.353 e. The van der Waals surface area contributed by atoms with Crippen LogP contribution in [0.2, 0.25) is 0 Å². The first-order valence-corrected chi connectivity index (χ1v) is 7.78. The lowest BCUT2D eigenvalue weighted by Crippen LogP contribution is -2.04. The molecule has 0 heterocycles. The van der Waals surface area contributed by atoms with Crippen molar-refractivity contribution < 1.29 is 0 Å². The van der Waals surface area contributed by atoms with E-state index < -0.39 is 0 Å². The van der Waals surface area contributed by atoms with Crippen molar-refractivity contribution in [1.29, 1.82) is 0 Å². The van der Waals surface area contributed by atoms with E-state index in [0.29, 0.717) is 11.8 Å². The van der Waals surface area contributed by atoms with Crippen molar-refractivity contribution in [3.63, 3.8) is 0 Å². The number of rotatable bonds is 5. The molecule has 3 heteroatoms. The Morgan fingerprint density at radius 2 is 1.29 bits per heavy atom. The molecular weight excluding hydrogens is 280 g/mol. The molecule has 0 amide bonds. The summed E-state index contributed by atoms with van der Waals surface area (Å²) in [6.07, 6.45) is 0. The van der Waals surface area contributed by atoms with Crippen LogP contribution < -0.4 is 10.2 Å². The van der Waals surface area contributed by atoms with E-state index in [1.165, 1.54) is 16.8 Å². The van der Waals surface area contributed by atoms with E-state index in [4.69, 9.17) is 11.8 Å². The lowest BCUT2D eigenvalue weighted by molar-refractivity contribution is 0.838. The van der Waals surface area contributed by atoms with E-state index in [1.54, 1.807) is 0 Å². The molecule has 0 aromatic heterocycles. The highest BCUT2D eigenvalue weighted by atomic mass is 35.5. The Hall–Kier alpha value is -1.67. The van der Waals surface area contributed by atoms with Crippen LogP contribution in [0.3, 0.4) is 0 Å². The van der Waals surface area contributed by atoms with Gasteiger partial charge in [0.1, 0.15) is 0 Å². The van der Waals surface area contributed by atoms with Crippen LogP contribution in [0.15, 0.2) is 42.5 Å². The Morgan fingerprint density at radius 1 is 0.762 bits per heavy atom. The van der Waals surface area contributed by atoms with Crippen LogP contribution >= 0.6 is 11.8 Å². The van der Waals surface area contributed by atoms with Crippen LogP contribution in [-0.4, -0.2) is 0 Å². The Labute approximate surface area is 132 Å². The molecule has 2 aromatic carbocycles. The lowest BCUT2D eigenvalue weighted by Gasteiger charge is -2.22. The normalized spacial score (nSPS) is 11.0. The minimum Gasteiger partial charge on any atom is -0.353 e. The van der Waals surface area contributed by atoms with E-state index >= 15 is 0 Å². The van der Waals surface area contributed by atoms with Crippen LogP contribution in [-0.2, 0) is 0 Å². The molecule has 2 aromatic rings. The number of hydrogen-bond donors (Lipinski definition) is 2. The van der Waals surface area contributed by atoms with Crippen molar-refractivity contribution in [3.05, 3.63) is 53.6 Å². The van der Waals surface area contributed by atoms with Gasteiger partial charge >= 0.3 is 0 Å². The molecule has 112 valence electrons. The molecule has 21 heavy (non-hydrogen) atoms. The van der Waals surface area contributed by atoms with Crippen molar-refractivity contribution >= 4 is 28.8 Å². The van der Waals surface area contributed by atoms with Gasteiger partial charge in [0.05, 0.1) is 11.4 Å². The van der Waals surface area contributed by atoms with Crippen LogP contribution in [0.1, 0.15) is 50.7 Å². The Bertz CT molecular complexity index is 580. The highest BCUT2D eigenvalue weighted by molar-refractivity contribution is 6.24. The lowest BCUT2D eigenvalue weighted by atomic mass is 9.92. The predicted octanol–water partition coefficient (Wildman–Crippen LogP) is 6.24. The van der Waals surface area contributed by atoms with E-state index in [2.05, 4.69) is 56.0 Å². The van der Waals surface area contributed by atoms with Gasteiger partial charge in [0.15, 0.2) is 0 Å². The van der Waals surface area contributed by atoms with Crippen molar-refractivity contribution in [1.82, 2.24) is 0 Å². The predicted molar refractivity (Wildman–Crippen MR) is 93.8 cm³/mol. The first-order chi connectivity index (χ1) is 10.0. The average molecular weight is 303 g/mol. The maximum Gasteiger partial charge on any atom is 0.0726 e. The molecule has 2 rings (SSSR count). The van der Waals surface area contributed by atoms with Crippen molar-refractivity contribution in [2.75, 3.05) is 10.2 Å². The second kappa shape index (κ2) is 6.86. The minimum atomic E-state index is 0.460. The maximum absolute atomic E-state index is 5.81.